The van der Waals surface area contributed by atoms with Gasteiger partial charge in [0.15, 0.2) is 0 Å². The predicted molar refractivity (Wildman–Crippen MR) is 136 cm³/mol. The number of likely N-dealkylation sites (tertiary alicyclic amines) is 1. The van der Waals surface area contributed by atoms with Crippen molar-refractivity contribution in [3.8, 4) is 5.75 Å². The third-order valence-corrected chi connectivity index (χ3v) is 8.19. The first-order valence-electron chi connectivity index (χ1n) is 13.1. The summed E-state index contributed by atoms with van der Waals surface area (Å²) in [4.78, 5) is 33.9. The van der Waals surface area contributed by atoms with Gasteiger partial charge >= 0.3 is 6.03 Å². The van der Waals surface area contributed by atoms with Gasteiger partial charge in [0.25, 0.3) is 0 Å². The van der Waals surface area contributed by atoms with Crippen molar-refractivity contribution in [1.82, 2.24) is 20.1 Å². The molecule has 3 aliphatic heterocycles. The topological polar surface area (TPSA) is 107 Å². The second-order valence-corrected chi connectivity index (χ2v) is 10.7. The van der Waals surface area contributed by atoms with Crippen molar-refractivity contribution in [3.63, 3.8) is 0 Å². The maximum Gasteiger partial charge on any atom is 0.317 e. The Morgan fingerprint density at radius 1 is 1.25 bits per heavy atom. The van der Waals surface area contributed by atoms with Crippen LogP contribution in [0, 0.1) is 5.92 Å². The molecular weight excluding hydrogens is 460 g/mol. The Bertz CT molecular complexity index is 1110. The number of amides is 3. The van der Waals surface area contributed by atoms with Gasteiger partial charge in [-0.1, -0.05) is 0 Å². The zero-order valence-electron chi connectivity index (χ0n) is 21.5. The quantitative estimate of drug-likeness (QED) is 0.601. The molecule has 3 N–H and O–H groups in total. The number of H-pyrrole nitrogens is 1. The fourth-order valence-corrected chi connectivity index (χ4v) is 6.30. The minimum Gasteiger partial charge on any atom is -0.497 e. The first kappa shape index (κ1) is 24.9. The normalized spacial score (nSPS) is 22.2. The summed E-state index contributed by atoms with van der Waals surface area (Å²) in [5, 5.41) is 14.6. The Balaban J connectivity index is 1.55. The summed E-state index contributed by atoms with van der Waals surface area (Å²) in [5.41, 5.74) is 2.73. The van der Waals surface area contributed by atoms with E-state index < -0.39 is 6.04 Å². The summed E-state index contributed by atoms with van der Waals surface area (Å²) in [5.74, 6) is 0.761. The molecule has 9 heteroatoms. The lowest BCUT2D eigenvalue weighted by Crippen LogP contribution is -2.58. The SMILES string of the molecule is COc1ccc2c3c([nH]c2c1)[C@@H](CO)N(C(=O)C1CCOCC1)CC31CCN(C(=O)NC(C)C)CC1. The average molecular weight is 499 g/mol. The van der Waals surface area contributed by atoms with Crippen molar-refractivity contribution < 1.29 is 24.2 Å². The molecule has 0 aliphatic carbocycles. The minimum atomic E-state index is -0.429. The number of hydrogen-bond acceptors (Lipinski definition) is 5. The number of piperidine rings is 1. The van der Waals surface area contributed by atoms with E-state index >= 15 is 0 Å². The van der Waals surface area contributed by atoms with Crippen molar-refractivity contribution >= 4 is 22.8 Å². The number of carbonyl (C=O) groups is 2. The Morgan fingerprint density at radius 3 is 2.61 bits per heavy atom. The van der Waals surface area contributed by atoms with Crippen LogP contribution in [-0.2, 0) is 14.9 Å². The van der Waals surface area contributed by atoms with Gasteiger partial charge in [-0.25, -0.2) is 4.79 Å². The monoisotopic (exact) mass is 498 g/mol. The van der Waals surface area contributed by atoms with E-state index in [-0.39, 0.29) is 35.9 Å². The number of hydrogen-bond donors (Lipinski definition) is 3. The van der Waals surface area contributed by atoms with Crippen LogP contribution in [-0.4, -0.2) is 84.4 Å². The lowest BCUT2D eigenvalue weighted by atomic mass is 9.68. The maximum atomic E-state index is 13.8. The summed E-state index contributed by atoms with van der Waals surface area (Å²) >= 11 is 0. The van der Waals surface area contributed by atoms with Crippen molar-refractivity contribution in [2.45, 2.75) is 57.0 Å². The van der Waals surface area contributed by atoms with E-state index in [0.717, 1.165) is 35.2 Å². The van der Waals surface area contributed by atoms with Crippen molar-refractivity contribution in [2.24, 2.45) is 5.92 Å². The highest BCUT2D eigenvalue weighted by Gasteiger charge is 2.49. The van der Waals surface area contributed by atoms with Gasteiger partial charge in [-0.3, -0.25) is 4.79 Å². The molecular formula is C27H38N4O5. The van der Waals surface area contributed by atoms with E-state index in [1.54, 1.807) is 7.11 Å². The molecule has 0 saturated carbocycles. The summed E-state index contributed by atoms with van der Waals surface area (Å²) < 4.78 is 11.0. The molecule has 1 atom stereocenters. The largest absolute Gasteiger partial charge is 0.497 e. The van der Waals surface area contributed by atoms with Gasteiger partial charge in [-0.15, -0.1) is 0 Å². The van der Waals surface area contributed by atoms with E-state index in [0.29, 0.717) is 45.7 Å². The number of carbonyl (C=O) groups excluding carboxylic acids is 2. The second-order valence-electron chi connectivity index (χ2n) is 10.7. The number of rotatable bonds is 4. The number of urea groups is 1. The lowest BCUT2D eigenvalue weighted by molar-refractivity contribution is -0.144. The van der Waals surface area contributed by atoms with E-state index in [1.165, 1.54) is 5.56 Å². The van der Waals surface area contributed by atoms with Crippen molar-refractivity contribution in [2.75, 3.05) is 46.6 Å². The number of aliphatic hydroxyl groups excluding tert-OH is 1. The molecule has 1 spiro atoms. The third-order valence-electron chi connectivity index (χ3n) is 8.19. The molecule has 2 fully saturated rings. The highest BCUT2D eigenvalue weighted by Crippen LogP contribution is 2.49. The Kier molecular flexibility index (Phi) is 6.87. The Morgan fingerprint density at radius 2 is 1.97 bits per heavy atom. The Hall–Kier alpha value is -2.78. The molecule has 36 heavy (non-hydrogen) atoms. The standard InChI is InChI=1S/C27H38N4O5/c1-17(2)28-26(34)30-10-8-27(9-11-30)16-31(25(33)18-6-12-36-13-7-18)22(15-32)24-23(27)20-5-4-19(35-3)14-21(20)29-24/h4-5,14,17-18,22,29,32H,6-13,15-16H2,1-3H3,(H,28,34)/t22-/m1/s1. The van der Waals surface area contributed by atoms with Crippen LogP contribution in [0.2, 0.25) is 0 Å². The lowest BCUT2D eigenvalue weighted by Gasteiger charge is -2.51. The highest BCUT2D eigenvalue weighted by molar-refractivity contribution is 5.89. The van der Waals surface area contributed by atoms with Crippen molar-refractivity contribution in [3.05, 3.63) is 29.5 Å². The smallest absolute Gasteiger partial charge is 0.317 e. The zero-order chi connectivity index (χ0) is 25.4. The number of nitrogens with zero attached hydrogens (tertiary/aromatic N) is 2. The van der Waals surface area contributed by atoms with Crippen LogP contribution in [0.4, 0.5) is 4.79 Å². The first-order valence-corrected chi connectivity index (χ1v) is 13.1. The molecule has 2 saturated heterocycles. The first-order chi connectivity index (χ1) is 17.4. The molecule has 3 aliphatic rings. The summed E-state index contributed by atoms with van der Waals surface area (Å²) in [7, 11) is 1.65. The molecule has 0 radical (unpaired) electrons. The van der Waals surface area contributed by atoms with Gasteiger partial charge in [0.1, 0.15) is 5.75 Å². The van der Waals surface area contributed by atoms with Crippen LogP contribution in [0.5, 0.6) is 5.75 Å². The van der Waals surface area contributed by atoms with Gasteiger partial charge in [0.2, 0.25) is 5.91 Å². The fourth-order valence-electron chi connectivity index (χ4n) is 6.30. The number of fused-ring (bicyclic) bond motifs is 4. The summed E-state index contributed by atoms with van der Waals surface area (Å²) in [6, 6.07) is 5.63. The van der Waals surface area contributed by atoms with Crippen LogP contribution in [0.3, 0.4) is 0 Å². The van der Waals surface area contributed by atoms with Crippen LogP contribution >= 0.6 is 0 Å². The van der Waals surface area contributed by atoms with E-state index in [2.05, 4.69) is 16.4 Å². The van der Waals surface area contributed by atoms with Gasteiger partial charge in [0.05, 0.1) is 19.8 Å². The number of aromatic amines is 1. The molecule has 4 heterocycles. The number of methoxy groups -OCH3 is 1. The molecule has 2 aromatic rings. The number of aliphatic hydroxyl groups is 1. The number of ether oxygens (including phenoxy) is 2. The highest BCUT2D eigenvalue weighted by atomic mass is 16.5. The maximum absolute atomic E-state index is 13.8. The molecule has 196 valence electrons. The van der Waals surface area contributed by atoms with E-state index in [1.807, 2.05) is 35.8 Å². The molecule has 1 aromatic heterocycles. The number of aromatic nitrogens is 1. The fraction of sp³-hybridized carbons (Fsp3) is 0.630. The third kappa shape index (κ3) is 4.32. The summed E-state index contributed by atoms with van der Waals surface area (Å²) in [6.07, 6.45) is 2.92. The van der Waals surface area contributed by atoms with Gasteiger partial charge < -0.3 is 34.7 Å². The van der Waals surface area contributed by atoms with Crippen LogP contribution in [0.15, 0.2) is 18.2 Å². The second kappa shape index (κ2) is 9.94. The minimum absolute atomic E-state index is 0.0390. The van der Waals surface area contributed by atoms with Gasteiger partial charge in [0, 0.05) is 72.9 Å². The molecule has 5 rings (SSSR count). The van der Waals surface area contributed by atoms with E-state index in [4.69, 9.17) is 9.47 Å². The molecule has 9 nitrogen and oxygen atoms in total. The predicted octanol–water partition coefficient (Wildman–Crippen LogP) is 2.93. The number of nitrogens with one attached hydrogen (secondary N) is 2. The molecule has 1 aromatic carbocycles. The van der Waals surface area contributed by atoms with Gasteiger partial charge in [-0.2, -0.15) is 0 Å². The molecule has 0 unspecified atom stereocenters. The van der Waals surface area contributed by atoms with E-state index in [9.17, 15) is 14.7 Å². The van der Waals surface area contributed by atoms with Crippen LogP contribution < -0.4 is 10.1 Å². The molecule has 3 amide bonds. The van der Waals surface area contributed by atoms with Crippen LogP contribution in [0.1, 0.15) is 56.8 Å². The van der Waals surface area contributed by atoms with Crippen LogP contribution in [0.25, 0.3) is 10.9 Å². The Labute approximate surface area is 212 Å². The summed E-state index contributed by atoms with van der Waals surface area (Å²) in [6.45, 7) is 6.74. The molecule has 0 bridgehead atoms. The average Bonchev–Trinajstić information content (AvgIpc) is 3.28. The van der Waals surface area contributed by atoms with Crippen molar-refractivity contribution in [1.29, 1.82) is 0 Å². The van der Waals surface area contributed by atoms with Gasteiger partial charge in [-0.05, 0) is 57.2 Å². The zero-order valence-corrected chi connectivity index (χ0v) is 21.5. The number of benzene rings is 1.